The summed E-state index contributed by atoms with van der Waals surface area (Å²) < 4.78 is 1.28. The Morgan fingerprint density at radius 2 is 1.95 bits per heavy atom. The quantitative estimate of drug-likeness (QED) is 0.899. The van der Waals surface area contributed by atoms with Gasteiger partial charge in [0.05, 0.1) is 15.2 Å². The van der Waals surface area contributed by atoms with Gasteiger partial charge in [0.25, 0.3) is 0 Å². The maximum Gasteiger partial charge on any atom is 0.0956 e. The molecule has 1 heterocycles. The van der Waals surface area contributed by atoms with Crippen molar-refractivity contribution in [3.05, 3.63) is 29.3 Å². The van der Waals surface area contributed by atoms with E-state index in [1.807, 2.05) is 0 Å². The number of nitrogens with zero attached hydrogens (tertiary/aromatic N) is 1. The lowest BCUT2D eigenvalue weighted by Crippen LogP contribution is -2.48. The molecule has 3 heteroatoms. The zero-order valence-electron chi connectivity index (χ0n) is 11.7. The summed E-state index contributed by atoms with van der Waals surface area (Å²) in [4.78, 5) is 4.74. The van der Waals surface area contributed by atoms with Gasteiger partial charge in [-0.15, -0.1) is 11.3 Å². The molecule has 0 saturated heterocycles. The van der Waals surface area contributed by atoms with E-state index < -0.39 is 0 Å². The Morgan fingerprint density at radius 3 is 2.63 bits per heavy atom. The highest BCUT2D eigenvalue weighted by Crippen LogP contribution is 2.37. The van der Waals surface area contributed by atoms with Crippen LogP contribution in [0.4, 0.5) is 0 Å². The van der Waals surface area contributed by atoms with E-state index >= 15 is 0 Å². The summed E-state index contributed by atoms with van der Waals surface area (Å²) in [7, 11) is 0. The second-order valence-corrected chi connectivity index (χ2v) is 7.58. The van der Waals surface area contributed by atoms with E-state index in [1.54, 1.807) is 11.3 Å². The SMILES string of the molecule is CC1CC(C)CC(N)(Cc2nc3ccccc3s2)C1. The van der Waals surface area contributed by atoms with E-state index in [2.05, 4.69) is 38.1 Å². The molecular formula is C16H22N2S. The third-order valence-corrected chi connectivity index (χ3v) is 5.19. The van der Waals surface area contributed by atoms with Gasteiger partial charge in [-0.25, -0.2) is 4.98 Å². The maximum absolute atomic E-state index is 6.66. The largest absolute Gasteiger partial charge is 0.325 e. The standard InChI is InChI=1S/C16H22N2S/c1-11-7-12(2)9-16(17,8-11)10-15-18-13-5-3-4-6-14(13)19-15/h3-6,11-12H,7-10,17H2,1-2H3. The van der Waals surface area contributed by atoms with Crippen molar-refractivity contribution in [2.24, 2.45) is 17.6 Å². The van der Waals surface area contributed by atoms with Crippen LogP contribution in [0.2, 0.25) is 0 Å². The molecule has 2 nitrogen and oxygen atoms in total. The zero-order valence-corrected chi connectivity index (χ0v) is 12.5. The first kappa shape index (κ1) is 13.1. The van der Waals surface area contributed by atoms with Crippen LogP contribution in [-0.4, -0.2) is 10.5 Å². The monoisotopic (exact) mass is 274 g/mol. The van der Waals surface area contributed by atoms with Crippen LogP contribution < -0.4 is 5.73 Å². The Balaban J connectivity index is 1.83. The summed E-state index contributed by atoms with van der Waals surface area (Å²) >= 11 is 1.80. The molecule has 2 atom stereocenters. The molecule has 1 aliphatic carbocycles. The second-order valence-electron chi connectivity index (χ2n) is 6.47. The predicted octanol–water partition coefficient (Wildman–Crippen LogP) is 3.99. The third kappa shape index (κ3) is 2.82. The highest BCUT2D eigenvalue weighted by Gasteiger charge is 2.35. The fourth-order valence-corrected chi connectivity index (χ4v) is 4.89. The minimum Gasteiger partial charge on any atom is -0.325 e. The molecule has 0 amide bonds. The molecule has 0 bridgehead atoms. The summed E-state index contributed by atoms with van der Waals surface area (Å²) in [5, 5.41) is 1.20. The summed E-state index contributed by atoms with van der Waals surface area (Å²) in [6.45, 7) is 4.66. The van der Waals surface area contributed by atoms with Crippen LogP contribution in [0.3, 0.4) is 0 Å². The van der Waals surface area contributed by atoms with E-state index in [1.165, 1.54) is 16.1 Å². The number of para-hydroxylation sites is 1. The molecule has 2 N–H and O–H groups in total. The first-order chi connectivity index (χ1) is 9.04. The van der Waals surface area contributed by atoms with Crippen molar-refractivity contribution < 1.29 is 0 Å². The molecule has 2 aromatic rings. The lowest BCUT2D eigenvalue weighted by Gasteiger charge is -2.39. The molecule has 102 valence electrons. The van der Waals surface area contributed by atoms with Gasteiger partial charge in [-0.3, -0.25) is 0 Å². The Bertz CT molecular complexity index is 532. The molecule has 1 fully saturated rings. The molecule has 1 saturated carbocycles. The van der Waals surface area contributed by atoms with Crippen molar-refractivity contribution in [3.63, 3.8) is 0 Å². The van der Waals surface area contributed by atoms with Crippen LogP contribution in [0.15, 0.2) is 24.3 Å². The van der Waals surface area contributed by atoms with Gasteiger partial charge in [0.15, 0.2) is 0 Å². The van der Waals surface area contributed by atoms with Gasteiger partial charge >= 0.3 is 0 Å². The van der Waals surface area contributed by atoms with Gasteiger partial charge in [0.2, 0.25) is 0 Å². The molecule has 0 radical (unpaired) electrons. The fraction of sp³-hybridized carbons (Fsp3) is 0.562. The summed E-state index contributed by atoms with van der Waals surface area (Å²) in [6, 6.07) is 8.36. The van der Waals surface area contributed by atoms with Crippen molar-refractivity contribution in [1.29, 1.82) is 0 Å². The van der Waals surface area contributed by atoms with Crippen molar-refractivity contribution in [1.82, 2.24) is 4.98 Å². The first-order valence-electron chi connectivity index (χ1n) is 7.17. The van der Waals surface area contributed by atoms with Gasteiger partial charge in [-0.05, 0) is 43.2 Å². The van der Waals surface area contributed by atoms with Gasteiger partial charge in [0.1, 0.15) is 0 Å². The molecule has 3 rings (SSSR count). The van der Waals surface area contributed by atoms with E-state index in [0.29, 0.717) is 0 Å². The molecule has 1 aromatic heterocycles. The van der Waals surface area contributed by atoms with Crippen molar-refractivity contribution >= 4 is 21.6 Å². The molecule has 0 spiro atoms. The number of nitrogens with two attached hydrogens (primary N) is 1. The molecular weight excluding hydrogens is 252 g/mol. The summed E-state index contributed by atoms with van der Waals surface area (Å²) in [5.74, 6) is 1.48. The third-order valence-electron chi connectivity index (χ3n) is 4.16. The average Bonchev–Trinajstić information content (AvgIpc) is 2.67. The first-order valence-corrected chi connectivity index (χ1v) is 7.99. The number of fused-ring (bicyclic) bond motifs is 1. The predicted molar refractivity (Wildman–Crippen MR) is 82.4 cm³/mol. The summed E-state index contributed by atoms with van der Waals surface area (Å²) in [5.41, 5.74) is 7.72. The molecule has 0 aliphatic heterocycles. The normalized spacial score (nSPS) is 31.7. The van der Waals surface area contributed by atoms with E-state index in [-0.39, 0.29) is 5.54 Å². The van der Waals surface area contributed by atoms with Crippen LogP contribution in [0, 0.1) is 11.8 Å². The van der Waals surface area contributed by atoms with E-state index in [4.69, 9.17) is 10.7 Å². The van der Waals surface area contributed by atoms with Gasteiger partial charge in [-0.2, -0.15) is 0 Å². The van der Waals surface area contributed by atoms with Crippen LogP contribution in [0.1, 0.15) is 38.1 Å². The maximum atomic E-state index is 6.66. The minimum absolute atomic E-state index is 0.0506. The van der Waals surface area contributed by atoms with Crippen LogP contribution in [0.25, 0.3) is 10.2 Å². The number of hydrogen-bond donors (Lipinski definition) is 1. The van der Waals surface area contributed by atoms with Crippen molar-refractivity contribution in [2.45, 2.75) is 45.1 Å². The number of hydrogen-bond acceptors (Lipinski definition) is 3. The highest BCUT2D eigenvalue weighted by atomic mass is 32.1. The minimum atomic E-state index is -0.0506. The number of rotatable bonds is 2. The molecule has 2 unspecified atom stereocenters. The Hall–Kier alpha value is -0.930. The van der Waals surface area contributed by atoms with E-state index in [9.17, 15) is 0 Å². The number of thiazole rings is 1. The lowest BCUT2D eigenvalue weighted by atomic mass is 9.71. The van der Waals surface area contributed by atoms with Crippen molar-refractivity contribution in [2.75, 3.05) is 0 Å². The van der Waals surface area contributed by atoms with Gasteiger partial charge in [0, 0.05) is 12.0 Å². The fourth-order valence-electron chi connectivity index (χ4n) is 3.77. The van der Waals surface area contributed by atoms with Crippen LogP contribution in [-0.2, 0) is 6.42 Å². The zero-order chi connectivity index (χ0) is 13.5. The Kier molecular flexibility index (Phi) is 3.35. The van der Waals surface area contributed by atoms with Crippen molar-refractivity contribution in [3.8, 4) is 0 Å². The topological polar surface area (TPSA) is 38.9 Å². The number of benzene rings is 1. The summed E-state index contributed by atoms with van der Waals surface area (Å²) in [6.07, 6.45) is 4.51. The second kappa shape index (κ2) is 4.88. The Labute approximate surface area is 119 Å². The van der Waals surface area contributed by atoms with Crippen LogP contribution in [0.5, 0.6) is 0 Å². The number of aromatic nitrogens is 1. The molecule has 1 aromatic carbocycles. The molecule has 1 aliphatic rings. The van der Waals surface area contributed by atoms with Gasteiger partial charge in [-0.1, -0.05) is 26.0 Å². The smallest absolute Gasteiger partial charge is 0.0956 e. The highest BCUT2D eigenvalue weighted by molar-refractivity contribution is 7.18. The molecule has 19 heavy (non-hydrogen) atoms. The average molecular weight is 274 g/mol. The lowest BCUT2D eigenvalue weighted by molar-refractivity contribution is 0.182. The van der Waals surface area contributed by atoms with E-state index in [0.717, 1.165) is 36.6 Å². The van der Waals surface area contributed by atoms with Gasteiger partial charge < -0.3 is 5.73 Å². The van der Waals surface area contributed by atoms with Crippen LogP contribution >= 0.6 is 11.3 Å². The Morgan fingerprint density at radius 1 is 1.26 bits per heavy atom.